The molecule has 2 saturated heterocycles. The van der Waals surface area contributed by atoms with E-state index in [1.54, 1.807) is 11.0 Å². The van der Waals surface area contributed by atoms with Crippen molar-refractivity contribution in [3.8, 4) is 0 Å². The molecule has 0 spiro atoms. The number of fused-ring (bicyclic) bond motifs is 1. The molecule has 0 bridgehead atoms. The summed E-state index contributed by atoms with van der Waals surface area (Å²) in [6, 6.07) is 9.24. The van der Waals surface area contributed by atoms with Gasteiger partial charge in [-0.1, -0.05) is 22.9 Å². The van der Waals surface area contributed by atoms with Gasteiger partial charge in [-0.2, -0.15) is 4.31 Å². The van der Waals surface area contributed by atoms with Gasteiger partial charge in [-0.05, 0) is 61.7 Å². The largest absolute Gasteiger partial charge is 0.379 e. The Kier molecular flexibility index (Phi) is 8.08. The number of carbonyl (C=O) groups excluding carboxylic acids is 1. The van der Waals surface area contributed by atoms with E-state index in [9.17, 15) is 17.6 Å². The van der Waals surface area contributed by atoms with Crippen LogP contribution in [0.1, 0.15) is 19.3 Å². The zero-order valence-corrected chi connectivity index (χ0v) is 22.6. The third-order valence-electron chi connectivity index (χ3n) is 6.70. The van der Waals surface area contributed by atoms with E-state index >= 15 is 0 Å². The lowest BCUT2D eigenvalue weighted by Crippen LogP contribution is -2.48. The van der Waals surface area contributed by atoms with Crippen molar-refractivity contribution in [1.82, 2.24) is 14.2 Å². The molecule has 37 heavy (non-hydrogen) atoms. The Hall–Kier alpha value is -2.15. The number of rotatable bonds is 8. The number of morpholine rings is 1. The highest BCUT2D eigenvalue weighted by molar-refractivity contribution is 7.89. The van der Waals surface area contributed by atoms with E-state index < -0.39 is 21.9 Å². The van der Waals surface area contributed by atoms with Gasteiger partial charge in [0.05, 0.1) is 28.3 Å². The van der Waals surface area contributed by atoms with Crippen molar-refractivity contribution >= 4 is 54.2 Å². The summed E-state index contributed by atoms with van der Waals surface area (Å²) in [5, 5.41) is 1.11. The first-order valence-corrected chi connectivity index (χ1v) is 14.9. The number of aromatic nitrogens is 1. The quantitative estimate of drug-likeness (QED) is 0.410. The molecule has 2 aromatic carbocycles. The Labute approximate surface area is 224 Å². The first-order valence-electron chi connectivity index (χ1n) is 12.3. The minimum Gasteiger partial charge on any atom is -0.379 e. The van der Waals surface area contributed by atoms with E-state index in [0.29, 0.717) is 49.2 Å². The number of hydrogen-bond acceptors (Lipinski definition) is 7. The van der Waals surface area contributed by atoms with Crippen LogP contribution in [0.5, 0.6) is 0 Å². The lowest BCUT2D eigenvalue weighted by atomic mass is 10.2. The molecule has 198 valence electrons. The Morgan fingerprint density at radius 2 is 1.92 bits per heavy atom. The first kappa shape index (κ1) is 26.5. The fraction of sp³-hybridized carbons (Fsp3) is 0.440. The molecule has 1 amide bonds. The predicted molar refractivity (Wildman–Crippen MR) is 142 cm³/mol. The summed E-state index contributed by atoms with van der Waals surface area (Å²) in [6.45, 7) is 4.52. The number of ether oxygens (including phenoxy) is 1. The second-order valence-electron chi connectivity index (χ2n) is 9.13. The normalized spacial score (nSPS) is 19.5. The second-order valence-corrected chi connectivity index (χ2v) is 12.5. The Balaban J connectivity index is 1.41. The van der Waals surface area contributed by atoms with Gasteiger partial charge in [0.2, 0.25) is 15.9 Å². The van der Waals surface area contributed by atoms with E-state index in [0.717, 1.165) is 42.0 Å². The smallest absolute Gasteiger partial charge is 0.247 e. The molecular formula is C25H28ClFN4O4S2. The number of amides is 1. The number of sulfonamides is 1. The molecule has 1 atom stereocenters. The van der Waals surface area contributed by atoms with Gasteiger partial charge >= 0.3 is 0 Å². The summed E-state index contributed by atoms with van der Waals surface area (Å²) in [7, 11) is -3.97. The topological polar surface area (TPSA) is 83.1 Å². The van der Waals surface area contributed by atoms with Crippen LogP contribution in [0.2, 0.25) is 5.02 Å². The highest BCUT2D eigenvalue weighted by Crippen LogP contribution is 2.34. The number of halogens is 2. The van der Waals surface area contributed by atoms with Crippen LogP contribution in [0.25, 0.3) is 10.2 Å². The molecule has 8 nitrogen and oxygen atoms in total. The lowest BCUT2D eigenvalue weighted by molar-refractivity contribution is -0.121. The highest BCUT2D eigenvalue weighted by Gasteiger charge is 2.42. The Bertz CT molecular complexity index is 1360. The van der Waals surface area contributed by atoms with E-state index in [2.05, 4.69) is 9.88 Å². The molecule has 2 aliphatic rings. The summed E-state index contributed by atoms with van der Waals surface area (Å²) in [6.07, 6.45) is 1.68. The van der Waals surface area contributed by atoms with Crippen LogP contribution in [-0.2, 0) is 19.6 Å². The number of benzene rings is 2. The summed E-state index contributed by atoms with van der Waals surface area (Å²) in [4.78, 5) is 22.6. The van der Waals surface area contributed by atoms with Crippen molar-refractivity contribution in [1.29, 1.82) is 0 Å². The fourth-order valence-corrected chi connectivity index (χ4v) is 7.70. The van der Waals surface area contributed by atoms with Gasteiger partial charge in [-0.15, -0.1) is 0 Å². The van der Waals surface area contributed by atoms with Crippen molar-refractivity contribution in [2.45, 2.75) is 30.2 Å². The minimum absolute atomic E-state index is 0.0258. The zero-order chi connectivity index (χ0) is 26.0. The molecule has 1 unspecified atom stereocenters. The van der Waals surface area contributed by atoms with Crippen molar-refractivity contribution in [3.63, 3.8) is 0 Å². The third kappa shape index (κ3) is 5.81. The van der Waals surface area contributed by atoms with Gasteiger partial charge in [0.1, 0.15) is 11.9 Å². The monoisotopic (exact) mass is 566 g/mol. The van der Waals surface area contributed by atoms with Crippen LogP contribution in [0.3, 0.4) is 0 Å². The van der Waals surface area contributed by atoms with Gasteiger partial charge in [0, 0.05) is 37.7 Å². The van der Waals surface area contributed by atoms with Crippen LogP contribution >= 0.6 is 22.9 Å². The third-order valence-corrected chi connectivity index (χ3v) is 9.90. The molecule has 0 radical (unpaired) electrons. The van der Waals surface area contributed by atoms with Crippen LogP contribution in [0.15, 0.2) is 47.4 Å². The molecular weight excluding hydrogens is 539 g/mol. The number of carbonyl (C=O) groups is 1. The average molecular weight is 567 g/mol. The predicted octanol–water partition coefficient (Wildman–Crippen LogP) is 4.00. The highest BCUT2D eigenvalue weighted by atomic mass is 35.5. The maximum Gasteiger partial charge on any atom is 0.247 e. The summed E-state index contributed by atoms with van der Waals surface area (Å²) >= 11 is 7.53. The van der Waals surface area contributed by atoms with Crippen molar-refractivity contribution in [2.75, 3.05) is 50.8 Å². The van der Waals surface area contributed by atoms with E-state index in [4.69, 9.17) is 16.3 Å². The van der Waals surface area contributed by atoms with E-state index in [1.807, 2.05) is 12.1 Å². The molecule has 12 heteroatoms. The van der Waals surface area contributed by atoms with Crippen LogP contribution < -0.4 is 4.90 Å². The standard InChI is InChI=1S/C25H28ClFN4O4S2/c26-18-4-9-21-23(17-18)36-25(28-21)30(11-2-10-29-13-15-35-16-14-29)24(32)22-3-1-12-31(22)37(33,34)20-7-5-19(27)6-8-20/h4-9,17,22H,1-3,10-16H2. The van der Waals surface area contributed by atoms with Crippen LogP contribution in [-0.4, -0.2) is 80.5 Å². The summed E-state index contributed by atoms with van der Waals surface area (Å²) in [5.41, 5.74) is 0.734. The summed E-state index contributed by atoms with van der Waals surface area (Å²) < 4.78 is 47.8. The first-order chi connectivity index (χ1) is 17.8. The van der Waals surface area contributed by atoms with Crippen molar-refractivity contribution < 1.29 is 22.3 Å². The summed E-state index contributed by atoms with van der Waals surface area (Å²) in [5.74, 6) is -0.814. The number of hydrogen-bond donors (Lipinski definition) is 0. The van der Waals surface area contributed by atoms with Crippen molar-refractivity contribution in [2.24, 2.45) is 0 Å². The van der Waals surface area contributed by atoms with Gasteiger partial charge in [-0.3, -0.25) is 14.6 Å². The molecule has 0 aliphatic carbocycles. The minimum atomic E-state index is -3.97. The van der Waals surface area contributed by atoms with E-state index in [-0.39, 0.29) is 17.3 Å². The lowest BCUT2D eigenvalue weighted by Gasteiger charge is -2.30. The molecule has 2 fully saturated rings. The molecule has 0 N–H and O–H groups in total. The molecule has 0 saturated carbocycles. The number of thiazole rings is 1. The van der Waals surface area contributed by atoms with Gasteiger partial charge in [0.15, 0.2) is 5.13 Å². The SMILES string of the molecule is O=C(C1CCCN1S(=O)(=O)c1ccc(F)cc1)N(CCCN1CCOCC1)c1nc2ccc(Cl)cc2s1. The second kappa shape index (κ2) is 11.3. The maximum atomic E-state index is 14.0. The van der Waals surface area contributed by atoms with Gasteiger partial charge in [-0.25, -0.2) is 17.8 Å². The number of anilines is 1. The molecule has 1 aromatic heterocycles. The van der Waals surface area contributed by atoms with Crippen LogP contribution in [0.4, 0.5) is 9.52 Å². The van der Waals surface area contributed by atoms with Gasteiger partial charge in [0.25, 0.3) is 0 Å². The maximum absolute atomic E-state index is 14.0. The Morgan fingerprint density at radius 3 is 2.68 bits per heavy atom. The molecule has 3 heterocycles. The van der Waals surface area contributed by atoms with Gasteiger partial charge < -0.3 is 4.74 Å². The fourth-order valence-electron chi connectivity index (χ4n) is 4.78. The zero-order valence-electron chi connectivity index (χ0n) is 20.2. The molecule has 5 rings (SSSR count). The average Bonchev–Trinajstić information content (AvgIpc) is 3.55. The molecule has 3 aromatic rings. The molecule has 2 aliphatic heterocycles. The van der Waals surface area contributed by atoms with Crippen molar-refractivity contribution in [3.05, 3.63) is 53.3 Å². The van der Waals surface area contributed by atoms with Crippen LogP contribution in [0, 0.1) is 5.82 Å². The Morgan fingerprint density at radius 1 is 1.16 bits per heavy atom. The van der Waals surface area contributed by atoms with E-state index in [1.165, 1.54) is 27.8 Å². The number of nitrogens with zero attached hydrogens (tertiary/aromatic N) is 4.